The Balaban J connectivity index is 0.00000140. The molecule has 0 saturated carbocycles. The minimum atomic E-state index is -4.67. The second kappa shape index (κ2) is 57.1. The first-order valence-electron chi connectivity index (χ1n) is 33.1. The van der Waals surface area contributed by atoms with E-state index < -0.39 is 174 Å². The lowest BCUT2D eigenvalue weighted by Crippen LogP contribution is -2.48. The van der Waals surface area contributed by atoms with E-state index in [1.807, 2.05) is 26.1 Å². The number of fused-ring (bicyclic) bond motifs is 3. The van der Waals surface area contributed by atoms with Gasteiger partial charge in [0, 0.05) is 51.2 Å². The van der Waals surface area contributed by atoms with Crippen molar-refractivity contribution in [3.8, 4) is 0 Å². The number of nitro benzene ring substituents is 1. The number of carboxylic acids is 2. The molecule has 1 fully saturated rings. The highest BCUT2D eigenvalue weighted by Crippen LogP contribution is 2.35. The molecule has 0 unspecified atom stereocenters. The number of aromatic amines is 1. The summed E-state index contributed by atoms with van der Waals surface area (Å²) in [4.78, 5) is 98.9. The van der Waals surface area contributed by atoms with Crippen LogP contribution in [0.3, 0.4) is 0 Å². The maximum Gasteiger partial charge on any atom is 0.410 e. The number of aliphatic hydroxyl groups is 1. The lowest BCUT2D eigenvalue weighted by Gasteiger charge is -2.30. The third-order valence-corrected chi connectivity index (χ3v) is 19.3. The van der Waals surface area contributed by atoms with Gasteiger partial charge in [0.15, 0.2) is 34.9 Å². The Labute approximate surface area is 787 Å². The van der Waals surface area contributed by atoms with E-state index in [0.29, 0.717) is 12.3 Å². The lowest BCUT2D eigenvalue weighted by molar-refractivity contribution is -0.387. The number of nitrogens with one attached hydrogen (secondary N) is 5. The number of ketones is 1. The Morgan fingerprint density at radius 2 is 1.05 bits per heavy atom. The Hall–Kier alpha value is -10.2. The topological polar surface area (TPSA) is 535 Å². The minimum absolute atomic E-state index is 0.00160. The van der Waals surface area contributed by atoms with Crippen molar-refractivity contribution in [3.63, 3.8) is 0 Å². The van der Waals surface area contributed by atoms with Crippen molar-refractivity contribution in [2.75, 3.05) is 54.9 Å². The number of anilines is 4. The summed E-state index contributed by atoms with van der Waals surface area (Å²) in [6.07, 6.45) is 3.29. The van der Waals surface area contributed by atoms with Gasteiger partial charge >= 0.3 is 28.1 Å². The van der Waals surface area contributed by atoms with Crippen LogP contribution < -0.4 is 38.7 Å². The van der Waals surface area contributed by atoms with Gasteiger partial charge in [-0.15, -0.1) is 0 Å². The van der Waals surface area contributed by atoms with Crippen LogP contribution in [0, 0.1) is 109 Å². The summed E-state index contributed by atoms with van der Waals surface area (Å²) in [7, 11) is -4.67. The number of hydrogen-bond acceptors (Lipinski definition) is 22. The van der Waals surface area contributed by atoms with Gasteiger partial charge in [0.1, 0.15) is 86.7 Å². The number of Topliss-reactive ketones (excluding diaryl/α,β-unsaturated/α-hetero) is 1. The first-order valence-corrected chi connectivity index (χ1v) is 41.2. The molecule has 2 aliphatic heterocycles. The largest absolute Gasteiger partial charge is 0.481 e. The number of aliphatic hydroxyl groups excluding tert-OH is 1. The fourth-order valence-corrected chi connectivity index (χ4v) is 10.6. The average Bonchev–Trinajstić information content (AvgIpc) is 1.68. The highest BCUT2D eigenvalue weighted by Gasteiger charge is 2.33. The number of ether oxygens (including phenoxy) is 1. The molecule has 702 valence electrons. The molecule has 1 saturated heterocycles. The van der Waals surface area contributed by atoms with Crippen molar-refractivity contribution in [2.24, 2.45) is 10.9 Å². The molecule has 10 aromatic rings. The highest BCUT2D eigenvalue weighted by atomic mass is 79.9. The van der Waals surface area contributed by atoms with Crippen molar-refractivity contribution in [2.45, 2.75) is 40.2 Å². The van der Waals surface area contributed by atoms with Crippen LogP contribution in [-0.4, -0.2) is 154 Å². The van der Waals surface area contributed by atoms with Gasteiger partial charge in [0.25, 0.3) is 29.1 Å². The number of amides is 3. The quantitative estimate of drug-likeness (QED) is 0.00665. The predicted octanol–water partition coefficient (Wildman–Crippen LogP) is 18.8. The number of hydrogen-bond donors (Lipinski definition) is 14. The standard InChI is InChI=1S/C9H18N2O2.C8H2BrClF2N2.C8H5BrF2N2O2.C8H3BrF2N2O.C8H2BrF2NO2.C7H4BrF2NO2.C6H2BrF2NO2.C6H4BrF2N.C6H3BrF2.C2H4O2.C2H6O.CH4N2.H2O4S/c1-9(2,3)13-8(12)11-6-4-10-5-7-11;9-5-4(11)1-3-7(6(5)12)13-2-14-8(3)10;9-7-4(10)1-2-5(8(7)11)13-6(14)3-12-15;9-5-4(10)1-3-7(6(5)11)12-2-13-8(3)14;9-4-3(10)1-2-6(5(4)11)12-8(14)7(2)13;8-4-3(9)1-2(7(12)13)6(11)5(4)10;7-5-3(8)1-2-4(6(5)9)10(11)12;7-5-3(8)1-2-4(10)6(5)9;7-6-4(8)2-1-3-5(6)9;1-2(3)4;1-2-3;2-1-3;1-5(2,3)4/h10H,4-7H2,1-3H3;1-2H;1-3,15H,(H,13,14);1-2H,(H,12,13,14);1H,(H,12,13,14);1H,11H2,(H,12,13);1-2H;1-2H,10H2;1-3H;1H3,(H,3,4);3H,2H2,1H3;1H,(H3,2,3);(H2,1,2,3,4)/b;;12-3+;;;;;;;;;;. The second-order valence-electron chi connectivity index (χ2n) is 23.5. The molecule has 4 heterocycles. The molecular formula is C71H59Br8ClF16N14O18S. The number of halogens is 25. The predicted molar refractivity (Wildman–Crippen MR) is 465 cm³/mol. The number of aromatic carboxylic acids is 1. The van der Waals surface area contributed by atoms with Crippen LogP contribution in [0.15, 0.2) is 137 Å². The summed E-state index contributed by atoms with van der Waals surface area (Å²) < 4.78 is 240. The monoisotopic (exact) mass is 2400 g/mol. The maximum absolute atomic E-state index is 13.4. The van der Waals surface area contributed by atoms with E-state index >= 15 is 0 Å². The van der Waals surface area contributed by atoms with Crippen molar-refractivity contribution >= 4 is 248 Å². The molecule has 8 aromatic carbocycles. The van der Waals surface area contributed by atoms with Crippen LogP contribution >= 0.6 is 139 Å². The number of H-pyrrole nitrogens is 1. The van der Waals surface area contributed by atoms with Gasteiger partial charge < -0.3 is 68.3 Å². The zero-order chi connectivity index (χ0) is 99.9. The molecule has 129 heavy (non-hydrogen) atoms. The van der Waals surface area contributed by atoms with Crippen LogP contribution in [0.4, 0.5) is 103 Å². The Kier molecular flexibility index (Phi) is 52.6. The number of carboxylic acid groups (broad SMARTS) is 2. The number of carbonyl (C=O) groups excluding carboxylic acids is 4. The van der Waals surface area contributed by atoms with Gasteiger partial charge in [-0.2, -0.15) is 12.8 Å². The molecule has 0 spiro atoms. The van der Waals surface area contributed by atoms with Gasteiger partial charge in [-0.25, -0.2) is 90.4 Å². The first kappa shape index (κ1) is 119. The van der Waals surface area contributed by atoms with Gasteiger partial charge in [0.2, 0.25) is 5.82 Å². The van der Waals surface area contributed by atoms with E-state index in [0.717, 1.165) is 101 Å². The highest BCUT2D eigenvalue weighted by molar-refractivity contribution is 9.11. The Morgan fingerprint density at radius 3 is 1.51 bits per heavy atom. The van der Waals surface area contributed by atoms with E-state index in [9.17, 15) is 109 Å². The first-order chi connectivity index (χ1) is 59.7. The third kappa shape index (κ3) is 40.0. The van der Waals surface area contributed by atoms with Crippen LogP contribution in [0.25, 0.3) is 21.8 Å². The third-order valence-electron chi connectivity index (χ3n) is 13.2. The van der Waals surface area contributed by atoms with Crippen LogP contribution in [0.2, 0.25) is 5.15 Å². The zero-order valence-corrected chi connectivity index (χ0v) is 79.0. The number of rotatable bonds is 4. The van der Waals surface area contributed by atoms with Crippen LogP contribution in [0.1, 0.15) is 55.3 Å². The maximum atomic E-state index is 13.4. The number of nitrogens with two attached hydrogens (primary N) is 3. The van der Waals surface area contributed by atoms with Crippen molar-refractivity contribution < 1.29 is 147 Å². The molecule has 3 amide bonds. The molecule has 0 bridgehead atoms. The van der Waals surface area contributed by atoms with Crippen molar-refractivity contribution in [3.05, 3.63) is 257 Å². The zero-order valence-electron chi connectivity index (χ0n) is 64.7. The number of aliphatic carboxylic acids is 1. The van der Waals surface area contributed by atoms with Gasteiger partial charge in [-0.1, -0.05) is 22.8 Å². The number of aromatic nitrogens is 4. The van der Waals surface area contributed by atoms with Crippen LogP contribution in [0.5, 0.6) is 0 Å². The number of nitrogens with zero attached hydrogens (tertiary/aromatic N) is 6. The molecule has 58 heteroatoms. The average molecular weight is 2410 g/mol. The molecule has 2 aliphatic rings. The minimum Gasteiger partial charge on any atom is -0.481 e. The number of oxime groups is 1. The van der Waals surface area contributed by atoms with Gasteiger partial charge in [-0.3, -0.25) is 48.6 Å². The summed E-state index contributed by atoms with van der Waals surface area (Å²) in [5.41, 5.74) is 10.8. The molecule has 17 N–H and O–H groups in total. The lowest BCUT2D eigenvalue weighted by atomic mass is 10.1. The summed E-state index contributed by atoms with van der Waals surface area (Å²) in [5, 5.41) is 57.3. The van der Waals surface area contributed by atoms with E-state index in [1.54, 1.807) is 11.8 Å². The summed E-state index contributed by atoms with van der Waals surface area (Å²) in [6, 6.07) is 13.1. The van der Waals surface area contributed by atoms with E-state index in [2.05, 4.69) is 169 Å². The smallest absolute Gasteiger partial charge is 0.410 e. The molecule has 0 aliphatic carbocycles. The molecule has 0 radical (unpaired) electrons. The number of nitrogen functional groups attached to an aromatic ring is 2. The number of nitro groups is 1. The summed E-state index contributed by atoms with van der Waals surface area (Å²) in [6.45, 7) is 11.9. The fraction of sp³-hybridized carbons (Fsp3) is 0.155. The molecular weight excluding hydrogens is 2350 g/mol. The van der Waals surface area contributed by atoms with Crippen LogP contribution in [-0.2, 0) is 29.5 Å². The molecule has 12 rings (SSSR count). The molecule has 0 atom stereocenters. The molecule has 2 aromatic heterocycles. The summed E-state index contributed by atoms with van der Waals surface area (Å²) >= 11 is 27.0. The van der Waals surface area contributed by atoms with E-state index in [1.165, 1.54) is 24.3 Å². The summed E-state index contributed by atoms with van der Waals surface area (Å²) in [5.74, 6) is -18.5. The number of piperazine rings is 1. The number of benzene rings is 8. The molecule has 32 nitrogen and oxygen atoms in total. The van der Waals surface area contributed by atoms with E-state index in [-0.39, 0.29) is 90.2 Å². The SMILES string of the molecule is CC(=O)O.CC(C)(C)OC(=O)N1CCNCC1.CCO.Fc1cc2c(Cl)ncnc2c(F)c1Br.Fc1cccc(F)c1Br.N=CN.Nc1c(C(=O)O)cc(F)c(Br)c1F.Nc1ccc(F)c(Br)c1F.O=C(/C=N/O)Nc1ccc(F)c(Br)c1F.O=C1Nc2c(cc(F)c(Br)c2F)C1=O.O=S(=O)(O)O.O=[N+]([O-])c1ccc(F)c(Br)c1F.O=c1[nH]cnc2c(F)c(Br)c(F)cc12. The Bertz CT molecular complexity index is 5860. The normalized spacial score (nSPS) is 11.2. The fourth-order valence-electron chi connectivity index (χ4n) is 7.86. The number of carbonyl (C=O) groups is 6. The van der Waals surface area contributed by atoms with E-state index in [4.69, 9.17) is 76.1 Å². The van der Waals surface area contributed by atoms with Gasteiger partial charge in [-0.05, 0) is 222 Å². The second-order valence-corrected chi connectivity index (χ2v) is 31.1. The van der Waals surface area contributed by atoms with Crippen molar-refractivity contribution in [1.29, 1.82) is 5.41 Å². The van der Waals surface area contributed by atoms with Crippen molar-refractivity contribution in [1.82, 2.24) is 30.2 Å². The van der Waals surface area contributed by atoms with Gasteiger partial charge in [0.05, 0.1) is 92.6 Å². The Morgan fingerprint density at radius 1 is 0.643 bits per heavy atom.